The monoisotopic (exact) mass is 359 g/mol. The molecule has 1 heterocycles. The van der Waals surface area contributed by atoms with Crippen LogP contribution in [0.1, 0.15) is 23.6 Å². The van der Waals surface area contributed by atoms with Gasteiger partial charge in [-0.1, -0.05) is 58.4 Å². The van der Waals surface area contributed by atoms with E-state index in [0.717, 1.165) is 27.7 Å². The summed E-state index contributed by atoms with van der Waals surface area (Å²) in [5, 5.41) is 6.65. The number of benzene rings is 2. The van der Waals surface area contributed by atoms with E-state index < -0.39 is 0 Å². The normalized spacial score (nSPS) is 17.7. The molecule has 2 aromatic rings. The van der Waals surface area contributed by atoms with Crippen molar-refractivity contribution in [2.24, 2.45) is 10.8 Å². The first kappa shape index (κ1) is 14.2. The Morgan fingerprint density at radius 3 is 2.62 bits per heavy atom. The predicted molar refractivity (Wildman–Crippen MR) is 93.1 cm³/mol. The summed E-state index contributed by atoms with van der Waals surface area (Å²) >= 11 is 8.66. The molecule has 0 saturated carbocycles. The molecule has 1 aliphatic heterocycles. The van der Waals surface area contributed by atoms with Crippen LogP contribution in [0.25, 0.3) is 0 Å². The minimum absolute atomic E-state index is 0.0511. The summed E-state index contributed by atoms with van der Waals surface area (Å²) in [5.74, 6) is 0. The smallest absolute Gasteiger partial charge is 0.187 e. The van der Waals surface area contributed by atoms with Gasteiger partial charge in [0.1, 0.15) is 0 Å². The van der Waals surface area contributed by atoms with E-state index >= 15 is 0 Å². The van der Waals surface area contributed by atoms with E-state index in [1.54, 1.807) is 5.01 Å². The van der Waals surface area contributed by atoms with Gasteiger partial charge >= 0.3 is 0 Å². The topological polar surface area (TPSA) is 41.6 Å². The second kappa shape index (κ2) is 5.95. The van der Waals surface area contributed by atoms with Crippen LogP contribution >= 0.6 is 28.1 Å². The van der Waals surface area contributed by atoms with Gasteiger partial charge in [0.05, 0.1) is 11.8 Å². The van der Waals surface area contributed by atoms with E-state index in [2.05, 4.69) is 45.3 Å². The lowest BCUT2D eigenvalue weighted by molar-refractivity contribution is 0.372. The molecule has 106 valence electrons. The number of nitrogens with zero attached hydrogens (tertiary/aromatic N) is 2. The number of hydrogen-bond donors (Lipinski definition) is 1. The maximum Gasteiger partial charge on any atom is 0.187 e. The third kappa shape index (κ3) is 2.99. The first-order valence-electron chi connectivity index (χ1n) is 6.62. The van der Waals surface area contributed by atoms with Crippen LogP contribution < -0.4 is 5.73 Å². The fourth-order valence-electron chi connectivity index (χ4n) is 2.49. The van der Waals surface area contributed by atoms with Gasteiger partial charge in [-0.25, -0.2) is 5.01 Å². The van der Waals surface area contributed by atoms with E-state index in [4.69, 9.17) is 18.0 Å². The molecule has 1 unspecified atom stereocenters. The number of hydrogen-bond acceptors (Lipinski definition) is 2. The zero-order valence-electron chi connectivity index (χ0n) is 11.2. The highest BCUT2D eigenvalue weighted by Crippen LogP contribution is 2.33. The third-order valence-corrected chi connectivity index (χ3v) is 4.16. The van der Waals surface area contributed by atoms with Gasteiger partial charge in [0, 0.05) is 10.9 Å². The molecular weight excluding hydrogens is 346 g/mol. The van der Waals surface area contributed by atoms with Crippen LogP contribution in [-0.4, -0.2) is 15.8 Å². The first-order chi connectivity index (χ1) is 10.1. The number of rotatable bonds is 2. The SMILES string of the molecule is NC(=S)N1N=C(c2ccccc2)CC1c1cccc(Br)c1. The summed E-state index contributed by atoms with van der Waals surface area (Å²) < 4.78 is 1.04. The Morgan fingerprint density at radius 2 is 1.95 bits per heavy atom. The highest BCUT2D eigenvalue weighted by atomic mass is 79.9. The lowest BCUT2D eigenvalue weighted by atomic mass is 9.99. The van der Waals surface area contributed by atoms with E-state index in [1.165, 1.54) is 0 Å². The second-order valence-corrected chi connectivity index (χ2v) is 6.20. The van der Waals surface area contributed by atoms with E-state index in [-0.39, 0.29) is 6.04 Å². The van der Waals surface area contributed by atoms with E-state index in [1.807, 2.05) is 30.3 Å². The third-order valence-electron chi connectivity index (χ3n) is 3.48. The second-order valence-electron chi connectivity index (χ2n) is 4.87. The maximum absolute atomic E-state index is 5.84. The van der Waals surface area contributed by atoms with Gasteiger partial charge in [0.25, 0.3) is 0 Å². The molecule has 1 atom stereocenters. The average Bonchev–Trinajstić information content (AvgIpc) is 2.93. The van der Waals surface area contributed by atoms with Crippen LogP contribution in [-0.2, 0) is 0 Å². The molecule has 5 heteroatoms. The molecule has 3 nitrogen and oxygen atoms in total. The highest BCUT2D eigenvalue weighted by Gasteiger charge is 2.30. The molecule has 0 aromatic heterocycles. The zero-order chi connectivity index (χ0) is 14.8. The van der Waals surface area contributed by atoms with Crippen molar-refractivity contribution in [2.75, 3.05) is 0 Å². The standard InChI is InChI=1S/C16H14BrN3S/c17-13-8-4-7-12(9-13)15-10-14(19-20(15)16(18)21)11-5-2-1-3-6-11/h1-9,15H,10H2,(H2,18,21). The molecule has 0 amide bonds. The summed E-state index contributed by atoms with van der Waals surface area (Å²) in [4.78, 5) is 0. The zero-order valence-corrected chi connectivity index (χ0v) is 13.6. The van der Waals surface area contributed by atoms with E-state index in [9.17, 15) is 0 Å². The van der Waals surface area contributed by atoms with Gasteiger partial charge in [-0.15, -0.1) is 0 Å². The Hall–Kier alpha value is -1.72. The summed E-state index contributed by atoms with van der Waals surface area (Å²) in [7, 11) is 0. The van der Waals surface area contributed by atoms with Gasteiger partial charge in [-0.2, -0.15) is 5.10 Å². The largest absolute Gasteiger partial charge is 0.375 e. The minimum atomic E-state index is 0.0511. The van der Waals surface area contributed by atoms with Crippen molar-refractivity contribution in [2.45, 2.75) is 12.5 Å². The highest BCUT2D eigenvalue weighted by molar-refractivity contribution is 9.10. The summed E-state index contributed by atoms with van der Waals surface area (Å²) in [6, 6.07) is 18.3. The number of hydrazone groups is 1. The molecule has 0 radical (unpaired) electrons. The molecule has 3 rings (SSSR count). The molecule has 0 fully saturated rings. The van der Waals surface area contributed by atoms with Crippen LogP contribution in [0.5, 0.6) is 0 Å². The molecule has 0 aliphatic carbocycles. The maximum atomic E-state index is 5.84. The van der Waals surface area contributed by atoms with Crippen molar-refractivity contribution in [3.63, 3.8) is 0 Å². The van der Waals surface area contributed by atoms with Gasteiger partial charge in [0.2, 0.25) is 0 Å². The Morgan fingerprint density at radius 1 is 1.19 bits per heavy atom. The molecule has 0 bridgehead atoms. The van der Waals surface area contributed by atoms with Gasteiger partial charge < -0.3 is 5.73 Å². The quantitative estimate of drug-likeness (QED) is 0.828. The fourth-order valence-corrected chi connectivity index (χ4v) is 3.08. The van der Waals surface area contributed by atoms with Gasteiger partial charge in [0.15, 0.2) is 5.11 Å². The molecule has 0 saturated heterocycles. The fraction of sp³-hybridized carbons (Fsp3) is 0.125. The Kier molecular flexibility index (Phi) is 4.03. The Balaban J connectivity index is 1.95. The predicted octanol–water partition coefficient (Wildman–Crippen LogP) is 3.84. The van der Waals surface area contributed by atoms with Crippen LogP contribution in [0, 0.1) is 0 Å². The molecule has 2 aromatic carbocycles. The van der Waals surface area contributed by atoms with Crippen molar-refractivity contribution < 1.29 is 0 Å². The number of thiocarbonyl (C=S) groups is 1. The molecule has 0 spiro atoms. The van der Waals surface area contributed by atoms with Crippen molar-refractivity contribution in [3.05, 3.63) is 70.2 Å². The van der Waals surface area contributed by atoms with Crippen molar-refractivity contribution in [1.82, 2.24) is 5.01 Å². The number of nitrogens with two attached hydrogens (primary N) is 1. The van der Waals surface area contributed by atoms with Crippen molar-refractivity contribution >= 4 is 39.0 Å². The summed E-state index contributed by atoms with van der Waals surface area (Å²) in [6.07, 6.45) is 0.789. The molecule has 2 N–H and O–H groups in total. The van der Waals surface area contributed by atoms with Crippen LogP contribution in [0.4, 0.5) is 0 Å². The van der Waals surface area contributed by atoms with Crippen molar-refractivity contribution in [3.8, 4) is 0 Å². The van der Waals surface area contributed by atoms with Crippen LogP contribution in [0.3, 0.4) is 0 Å². The van der Waals surface area contributed by atoms with E-state index in [0.29, 0.717) is 5.11 Å². The molecule has 1 aliphatic rings. The lowest BCUT2D eigenvalue weighted by Crippen LogP contribution is -2.31. The first-order valence-corrected chi connectivity index (χ1v) is 7.82. The van der Waals surface area contributed by atoms with Crippen LogP contribution in [0.2, 0.25) is 0 Å². The minimum Gasteiger partial charge on any atom is -0.375 e. The average molecular weight is 360 g/mol. The summed E-state index contributed by atoms with van der Waals surface area (Å²) in [6.45, 7) is 0. The lowest BCUT2D eigenvalue weighted by Gasteiger charge is -2.22. The summed E-state index contributed by atoms with van der Waals surface area (Å²) in [5.41, 5.74) is 9.10. The van der Waals surface area contributed by atoms with Gasteiger partial charge in [-0.05, 0) is 35.5 Å². The van der Waals surface area contributed by atoms with Crippen molar-refractivity contribution in [1.29, 1.82) is 0 Å². The van der Waals surface area contributed by atoms with Crippen LogP contribution in [0.15, 0.2) is 64.2 Å². The molecular formula is C16H14BrN3S. The number of halogens is 1. The Labute approximate surface area is 137 Å². The molecule has 21 heavy (non-hydrogen) atoms. The Bertz CT molecular complexity index is 700. The van der Waals surface area contributed by atoms with Gasteiger partial charge in [-0.3, -0.25) is 0 Å².